The zero-order valence-electron chi connectivity index (χ0n) is 8.65. The quantitative estimate of drug-likeness (QED) is 0.848. The van der Waals surface area contributed by atoms with Crippen molar-refractivity contribution in [3.05, 3.63) is 46.1 Å². The number of aldehydes is 1. The Balaban J connectivity index is 2.68. The van der Waals surface area contributed by atoms with E-state index in [1.165, 1.54) is 12.3 Å². The highest BCUT2D eigenvalue weighted by Gasteiger charge is 2.11. The smallest absolute Gasteiger partial charge is 0.150 e. The predicted octanol–water partition coefficient (Wildman–Crippen LogP) is 3.45. The number of nitrogens with zero attached hydrogens (tertiary/aromatic N) is 1. The van der Waals surface area contributed by atoms with Crippen LogP contribution in [0, 0.1) is 0 Å². The summed E-state index contributed by atoms with van der Waals surface area (Å²) in [5, 5.41) is 0.821. The van der Waals surface area contributed by atoms with Crippen molar-refractivity contribution >= 4 is 35.3 Å². The van der Waals surface area contributed by atoms with Crippen molar-refractivity contribution in [2.45, 2.75) is 0 Å². The fourth-order valence-electron chi connectivity index (χ4n) is 1.52. The highest BCUT2D eigenvalue weighted by Crippen LogP contribution is 2.34. The second kappa shape index (κ2) is 4.73. The van der Waals surface area contributed by atoms with Gasteiger partial charge in [-0.3, -0.25) is 4.79 Å². The van der Waals surface area contributed by atoms with Crippen LogP contribution < -0.4 is 5.73 Å². The molecule has 0 saturated carbocycles. The molecule has 0 saturated heterocycles. The highest BCUT2D eigenvalue weighted by molar-refractivity contribution is 6.43. The molecule has 2 N–H and O–H groups in total. The van der Waals surface area contributed by atoms with Gasteiger partial charge in [0.05, 0.1) is 10.0 Å². The summed E-state index contributed by atoms with van der Waals surface area (Å²) in [5.41, 5.74) is 7.23. The van der Waals surface area contributed by atoms with Crippen molar-refractivity contribution in [3.63, 3.8) is 0 Å². The number of benzene rings is 1. The van der Waals surface area contributed by atoms with Gasteiger partial charge in [-0.1, -0.05) is 35.3 Å². The summed E-state index contributed by atoms with van der Waals surface area (Å²) >= 11 is 12.0. The van der Waals surface area contributed by atoms with Gasteiger partial charge in [-0.25, -0.2) is 4.98 Å². The van der Waals surface area contributed by atoms with Crippen molar-refractivity contribution in [2.75, 3.05) is 5.73 Å². The van der Waals surface area contributed by atoms with Crippen LogP contribution >= 0.6 is 23.2 Å². The Morgan fingerprint density at radius 1 is 1.24 bits per heavy atom. The number of carbonyl (C=O) groups excluding carboxylic acids is 1. The molecule has 0 atom stereocenters. The average Bonchev–Trinajstić information content (AvgIpc) is 2.33. The number of nitrogens with two attached hydrogens (primary N) is 1. The fraction of sp³-hybridized carbons (Fsp3) is 0. The summed E-state index contributed by atoms with van der Waals surface area (Å²) in [6.07, 6.45) is 2.22. The Morgan fingerprint density at radius 3 is 2.71 bits per heavy atom. The Morgan fingerprint density at radius 2 is 2.00 bits per heavy atom. The van der Waals surface area contributed by atoms with Crippen molar-refractivity contribution in [2.24, 2.45) is 0 Å². The molecule has 0 aliphatic rings. The molecule has 0 unspecified atom stereocenters. The molecule has 0 fully saturated rings. The van der Waals surface area contributed by atoms with Crippen LogP contribution in [0.3, 0.4) is 0 Å². The number of pyridine rings is 1. The number of hydrogen-bond donors (Lipinski definition) is 1. The molecular weight excluding hydrogens is 259 g/mol. The lowest BCUT2D eigenvalue weighted by Crippen LogP contribution is -1.95. The van der Waals surface area contributed by atoms with Crippen molar-refractivity contribution in [3.8, 4) is 11.1 Å². The van der Waals surface area contributed by atoms with Crippen LogP contribution in [0.25, 0.3) is 11.1 Å². The first-order chi connectivity index (χ1) is 8.13. The molecule has 0 bridgehead atoms. The van der Waals surface area contributed by atoms with E-state index in [2.05, 4.69) is 4.98 Å². The molecule has 1 heterocycles. The molecule has 2 aromatic rings. The number of carbonyl (C=O) groups is 1. The Bertz CT molecular complexity index is 585. The van der Waals surface area contributed by atoms with Crippen LogP contribution in [-0.4, -0.2) is 11.3 Å². The molecule has 0 amide bonds. The van der Waals surface area contributed by atoms with Gasteiger partial charge in [-0.05, 0) is 12.1 Å². The fourth-order valence-corrected chi connectivity index (χ4v) is 1.92. The van der Waals surface area contributed by atoms with E-state index in [0.29, 0.717) is 33.0 Å². The number of hydrogen-bond acceptors (Lipinski definition) is 3. The first-order valence-corrected chi connectivity index (χ1v) is 5.54. The molecule has 5 heteroatoms. The Kier molecular flexibility index (Phi) is 3.31. The monoisotopic (exact) mass is 266 g/mol. The van der Waals surface area contributed by atoms with Gasteiger partial charge < -0.3 is 5.73 Å². The van der Waals surface area contributed by atoms with E-state index in [9.17, 15) is 4.79 Å². The number of rotatable bonds is 2. The van der Waals surface area contributed by atoms with Gasteiger partial charge in [-0.15, -0.1) is 0 Å². The second-order valence-corrected chi connectivity index (χ2v) is 4.20. The third-order valence-corrected chi connectivity index (χ3v) is 3.14. The molecule has 3 nitrogen and oxygen atoms in total. The van der Waals surface area contributed by atoms with Gasteiger partial charge in [-0.2, -0.15) is 0 Å². The van der Waals surface area contributed by atoms with Gasteiger partial charge in [0.2, 0.25) is 0 Å². The van der Waals surface area contributed by atoms with E-state index < -0.39 is 0 Å². The molecular formula is C12H8Cl2N2O. The van der Waals surface area contributed by atoms with Crippen LogP contribution in [0.4, 0.5) is 5.82 Å². The molecule has 0 aliphatic carbocycles. The minimum atomic E-state index is 0.286. The number of halogens is 2. The summed E-state index contributed by atoms with van der Waals surface area (Å²) in [7, 11) is 0. The number of aromatic nitrogens is 1. The van der Waals surface area contributed by atoms with Crippen LogP contribution in [0.2, 0.25) is 10.0 Å². The summed E-state index contributed by atoms with van der Waals surface area (Å²) in [6, 6.07) is 6.71. The van der Waals surface area contributed by atoms with Crippen molar-refractivity contribution in [1.82, 2.24) is 4.98 Å². The van der Waals surface area contributed by atoms with Crippen LogP contribution in [0.5, 0.6) is 0 Å². The molecule has 17 heavy (non-hydrogen) atoms. The lowest BCUT2D eigenvalue weighted by molar-refractivity contribution is 0.112. The van der Waals surface area contributed by atoms with E-state index in [-0.39, 0.29) is 5.82 Å². The van der Waals surface area contributed by atoms with Crippen molar-refractivity contribution < 1.29 is 4.79 Å². The van der Waals surface area contributed by atoms with E-state index in [0.717, 1.165) is 0 Å². The second-order valence-electron chi connectivity index (χ2n) is 3.42. The highest BCUT2D eigenvalue weighted by atomic mass is 35.5. The minimum Gasteiger partial charge on any atom is -0.384 e. The maximum absolute atomic E-state index is 11.0. The Labute approximate surface area is 108 Å². The van der Waals surface area contributed by atoms with E-state index in [1.54, 1.807) is 18.2 Å². The zero-order valence-corrected chi connectivity index (χ0v) is 10.2. The third kappa shape index (κ3) is 2.25. The van der Waals surface area contributed by atoms with E-state index in [4.69, 9.17) is 28.9 Å². The zero-order chi connectivity index (χ0) is 12.4. The maximum Gasteiger partial charge on any atom is 0.150 e. The van der Waals surface area contributed by atoms with E-state index >= 15 is 0 Å². The first kappa shape index (κ1) is 11.9. The molecule has 1 aromatic carbocycles. The van der Waals surface area contributed by atoms with Gasteiger partial charge in [0, 0.05) is 22.9 Å². The predicted molar refractivity (Wildman–Crippen MR) is 69.5 cm³/mol. The summed E-state index contributed by atoms with van der Waals surface area (Å²) in [4.78, 5) is 14.9. The van der Waals surface area contributed by atoms with Gasteiger partial charge >= 0.3 is 0 Å². The van der Waals surface area contributed by atoms with Gasteiger partial charge in [0.25, 0.3) is 0 Å². The summed E-state index contributed by atoms with van der Waals surface area (Å²) < 4.78 is 0. The first-order valence-electron chi connectivity index (χ1n) is 4.78. The maximum atomic E-state index is 11.0. The standard InChI is InChI=1S/C12H8Cl2N2O/c13-10-3-1-2-8(12(10)14)9-5-16-11(15)4-7(9)6-17/h1-6H,(H2,15,16). The van der Waals surface area contributed by atoms with E-state index in [1.807, 2.05) is 0 Å². The molecule has 86 valence electrons. The normalized spacial score (nSPS) is 10.2. The molecule has 0 spiro atoms. The van der Waals surface area contributed by atoms with Crippen LogP contribution in [0.15, 0.2) is 30.5 Å². The van der Waals surface area contributed by atoms with Crippen LogP contribution in [-0.2, 0) is 0 Å². The lowest BCUT2D eigenvalue weighted by Gasteiger charge is -2.08. The average molecular weight is 267 g/mol. The lowest BCUT2D eigenvalue weighted by atomic mass is 10.0. The molecule has 0 radical (unpaired) electrons. The topological polar surface area (TPSA) is 56.0 Å². The molecule has 1 aromatic heterocycles. The summed E-state index contributed by atoms with van der Waals surface area (Å²) in [5.74, 6) is 0.286. The van der Waals surface area contributed by atoms with Gasteiger partial charge in [0.15, 0.2) is 6.29 Å². The Hall–Kier alpha value is -1.58. The molecule has 2 rings (SSSR count). The molecule has 0 aliphatic heterocycles. The van der Waals surface area contributed by atoms with Crippen molar-refractivity contribution in [1.29, 1.82) is 0 Å². The largest absolute Gasteiger partial charge is 0.384 e. The minimum absolute atomic E-state index is 0.286. The SMILES string of the molecule is Nc1cc(C=O)c(-c2cccc(Cl)c2Cl)cn1. The number of nitrogen functional groups attached to an aromatic ring is 1. The third-order valence-electron chi connectivity index (χ3n) is 2.33. The van der Waals surface area contributed by atoms with Crippen LogP contribution in [0.1, 0.15) is 10.4 Å². The summed E-state index contributed by atoms with van der Waals surface area (Å²) in [6.45, 7) is 0. The number of anilines is 1. The van der Waals surface area contributed by atoms with Gasteiger partial charge in [0.1, 0.15) is 5.82 Å².